The van der Waals surface area contributed by atoms with Crippen LogP contribution >= 0.6 is 11.6 Å². The molecule has 2 aromatic carbocycles. The minimum atomic E-state index is -4.47. The molecule has 0 radical (unpaired) electrons. The summed E-state index contributed by atoms with van der Waals surface area (Å²) in [5, 5.41) is 6.71. The molecule has 3 rings (SSSR count). The largest absolute Gasteiger partial charge is 0.433 e. The number of benzene rings is 2. The van der Waals surface area contributed by atoms with Gasteiger partial charge in [-0.05, 0) is 54.2 Å². The zero-order valence-electron chi connectivity index (χ0n) is 18.3. The van der Waals surface area contributed by atoms with Crippen LogP contribution in [-0.2, 0) is 17.4 Å². The molecule has 2 N–H and O–H groups in total. The summed E-state index contributed by atoms with van der Waals surface area (Å²) in [7, 11) is 1.57. The van der Waals surface area contributed by atoms with Gasteiger partial charge in [-0.15, -0.1) is 0 Å². The number of amides is 1. The molecule has 1 heterocycles. The van der Waals surface area contributed by atoms with Crippen LogP contribution in [0.3, 0.4) is 0 Å². The molecule has 0 bridgehead atoms. The van der Waals surface area contributed by atoms with Crippen molar-refractivity contribution in [1.29, 1.82) is 0 Å². The van der Waals surface area contributed by atoms with Crippen LogP contribution in [-0.4, -0.2) is 17.9 Å². The zero-order valence-corrected chi connectivity index (χ0v) is 19.0. The molecule has 0 saturated heterocycles. The number of hydrogen-bond donors (Lipinski definition) is 2. The van der Waals surface area contributed by atoms with E-state index in [0.717, 1.165) is 22.8 Å². The van der Waals surface area contributed by atoms with Gasteiger partial charge in [-0.2, -0.15) is 13.2 Å². The third kappa shape index (κ3) is 6.55. The number of hydrogen-bond acceptors (Lipinski definition) is 3. The van der Waals surface area contributed by atoms with E-state index in [2.05, 4.69) is 15.6 Å². The van der Waals surface area contributed by atoms with Crippen molar-refractivity contribution in [2.75, 3.05) is 7.05 Å². The number of aromatic nitrogens is 1. The van der Waals surface area contributed by atoms with Crippen LogP contribution in [0.4, 0.5) is 13.2 Å². The number of likely N-dealkylation sites (N-methyl/N-ethyl adjacent to an activating group) is 1. The van der Waals surface area contributed by atoms with Gasteiger partial charge >= 0.3 is 6.18 Å². The second-order valence-corrected chi connectivity index (χ2v) is 8.18. The van der Waals surface area contributed by atoms with Crippen LogP contribution in [0.2, 0.25) is 5.02 Å². The van der Waals surface area contributed by atoms with Crippen LogP contribution in [0.5, 0.6) is 0 Å². The Morgan fingerprint density at radius 2 is 1.79 bits per heavy atom. The first kappa shape index (κ1) is 24.7. The number of carbonyl (C=O) groups excluding carboxylic acids is 1. The fourth-order valence-corrected chi connectivity index (χ4v) is 3.73. The van der Waals surface area contributed by atoms with Crippen molar-refractivity contribution in [3.8, 4) is 0 Å². The number of carbonyl (C=O) groups is 1. The zero-order chi connectivity index (χ0) is 24.0. The van der Waals surface area contributed by atoms with Crippen LogP contribution in [0.1, 0.15) is 46.5 Å². The summed E-state index contributed by atoms with van der Waals surface area (Å²) in [5.74, 6) is -0.194. The Bertz CT molecular complexity index is 1070. The fourth-order valence-electron chi connectivity index (χ4n) is 3.54. The average molecular weight is 476 g/mol. The molecule has 3 aromatic rings. The standard InChI is InChI=1S/C25H25ClF3N3O/c1-16-8-11-19(14-20(16)26)21(12-9-17-10-13-22(31-15-17)25(27,28)29)32-23(24(33)30-2)18-6-4-3-5-7-18/h3-8,10-11,13-15,21,23,32H,9,12H2,1-2H3,(H,30,33)/t21-,23?/m1/s1. The number of alkyl halides is 3. The average Bonchev–Trinajstić information content (AvgIpc) is 2.81. The molecule has 0 aliphatic carbocycles. The Kier molecular flexibility index (Phi) is 8.10. The van der Waals surface area contributed by atoms with Gasteiger partial charge in [0.15, 0.2) is 0 Å². The van der Waals surface area contributed by atoms with E-state index in [1.54, 1.807) is 7.05 Å². The van der Waals surface area contributed by atoms with Gasteiger partial charge in [-0.3, -0.25) is 15.1 Å². The highest BCUT2D eigenvalue weighted by molar-refractivity contribution is 6.31. The Morgan fingerprint density at radius 1 is 1.06 bits per heavy atom. The molecule has 4 nitrogen and oxygen atoms in total. The Hall–Kier alpha value is -2.90. The maximum atomic E-state index is 12.8. The van der Waals surface area contributed by atoms with Gasteiger partial charge in [0.05, 0.1) is 0 Å². The summed E-state index contributed by atoms with van der Waals surface area (Å²) >= 11 is 6.35. The Balaban J connectivity index is 1.87. The number of pyridine rings is 1. The minimum absolute atomic E-state index is 0.194. The summed E-state index contributed by atoms with van der Waals surface area (Å²) in [6.07, 6.45) is -2.25. The molecule has 0 aliphatic heterocycles. The van der Waals surface area contributed by atoms with Gasteiger partial charge in [0.1, 0.15) is 11.7 Å². The summed E-state index contributed by atoms with van der Waals surface area (Å²) in [6, 6.07) is 16.5. The number of aryl methyl sites for hydroxylation is 2. The normalized spacial score (nSPS) is 13.4. The monoisotopic (exact) mass is 475 g/mol. The van der Waals surface area contributed by atoms with Crippen LogP contribution in [0.15, 0.2) is 66.9 Å². The lowest BCUT2D eigenvalue weighted by molar-refractivity contribution is -0.141. The molecule has 2 atom stereocenters. The van der Waals surface area contributed by atoms with Crippen molar-refractivity contribution in [2.24, 2.45) is 0 Å². The summed E-state index contributed by atoms with van der Waals surface area (Å²) in [4.78, 5) is 16.2. The molecular formula is C25H25ClF3N3O. The molecule has 0 spiro atoms. The van der Waals surface area contributed by atoms with Gasteiger partial charge in [0, 0.05) is 24.3 Å². The van der Waals surface area contributed by atoms with E-state index < -0.39 is 17.9 Å². The lowest BCUT2D eigenvalue weighted by Crippen LogP contribution is -2.38. The van der Waals surface area contributed by atoms with Crippen molar-refractivity contribution < 1.29 is 18.0 Å². The third-order valence-electron chi connectivity index (χ3n) is 5.44. The maximum Gasteiger partial charge on any atom is 0.433 e. The second-order valence-electron chi connectivity index (χ2n) is 7.77. The van der Waals surface area contributed by atoms with Crippen molar-refractivity contribution in [3.63, 3.8) is 0 Å². The first-order chi connectivity index (χ1) is 15.7. The predicted molar refractivity (Wildman–Crippen MR) is 123 cm³/mol. The number of nitrogens with zero attached hydrogens (tertiary/aromatic N) is 1. The van der Waals surface area contributed by atoms with E-state index in [-0.39, 0.29) is 11.9 Å². The van der Waals surface area contributed by atoms with Crippen molar-refractivity contribution in [3.05, 3.63) is 99.8 Å². The Morgan fingerprint density at radius 3 is 2.36 bits per heavy atom. The fraction of sp³-hybridized carbons (Fsp3) is 0.280. The van der Waals surface area contributed by atoms with E-state index in [1.165, 1.54) is 12.3 Å². The van der Waals surface area contributed by atoms with Gasteiger partial charge in [0.2, 0.25) is 5.91 Å². The predicted octanol–water partition coefficient (Wildman–Crippen LogP) is 5.81. The van der Waals surface area contributed by atoms with E-state index in [1.807, 2.05) is 55.5 Å². The highest BCUT2D eigenvalue weighted by Gasteiger charge is 2.32. The van der Waals surface area contributed by atoms with Crippen molar-refractivity contribution >= 4 is 17.5 Å². The third-order valence-corrected chi connectivity index (χ3v) is 5.85. The first-order valence-corrected chi connectivity index (χ1v) is 10.9. The number of halogens is 4. The molecule has 1 aromatic heterocycles. The van der Waals surface area contributed by atoms with Crippen molar-refractivity contribution in [2.45, 2.75) is 38.0 Å². The van der Waals surface area contributed by atoms with Crippen LogP contribution < -0.4 is 10.6 Å². The lowest BCUT2D eigenvalue weighted by atomic mass is 9.96. The molecule has 0 fully saturated rings. The number of rotatable bonds is 8. The highest BCUT2D eigenvalue weighted by atomic mass is 35.5. The number of nitrogens with one attached hydrogen (secondary N) is 2. The quantitative estimate of drug-likeness (QED) is 0.432. The molecule has 0 aliphatic rings. The van der Waals surface area contributed by atoms with Gasteiger partial charge in [-0.1, -0.05) is 60.1 Å². The van der Waals surface area contributed by atoms with Crippen molar-refractivity contribution in [1.82, 2.24) is 15.6 Å². The van der Waals surface area contributed by atoms with E-state index >= 15 is 0 Å². The summed E-state index contributed by atoms with van der Waals surface area (Å²) in [5.41, 5.74) is 2.36. The van der Waals surface area contributed by atoms with Crippen LogP contribution in [0, 0.1) is 6.92 Å². The van der Waals surface area contributed by atoms with E-state index in [0.29, 0.717) is 23.4 Å². The molecule has 1 amide bonds. The Labute approximate surface area is 196 Å². The topological polar surface area (TPSA) is 54.0 Å². The first-order valence-electron chi connectivity index (χ1n) is 10.5. The lowest BCUT2D eigenvalue weighted by Gasteiger charge is -2.26. The summed E-state index contributed by atoms with van der Waals surface area (Å²) < 4.78 is 38.4. The second kappa shape index (κ2) is 10.8. The molecule has 33 heavy (non-hydrogen) atoms. The van der Waals surface area contributed by atoms with Gasteiger partial charge < -0.3 is 5.32 Å². The molecule has 0 saturated carbocycles. The van der Waals surface area contributed by atoms with Gasteiger partial charge in [-0.25, -0.2) is 0 Å². The molecular weight excluding hydrogens is 451 g/mol. The van der Waals surface area contributed by atoms with Crippen LogP contribution in [0.25, 0.3) is 0 Å². The van der Waals surface area contributed by atoms with Gasteiger partial charge in [0.25, 0.3) is 0 Å². The molecule has 8 heteroatoms. The van der Waals surface area contributed by atoms with E-state index in [4.69, 9.17) is 11.6 Å². The SMILES string of the molecule is CNC(=O)C(N[C@H](CCc1ccc(C(F)(F)F)nc1)c1ccc(C)c(Cl)c1)c1ccccc1. The van der Waals surface area contributed by atoms with E-state index in [9.17, 15) is 18.0 Å². The summed E-state index contributed by atoms with van der Waals surface area (Å²) in [6.45, 7) is 1.90. The minimum Gasteiger partial charge on any atom is -0.358 e. The molecule has 174 valence electrons. The maximum absolute atomic E-state index is 12.8. The highest BCUT2D eigenvalue weighted by Crippen LogP contribution is 2.29. The molecule has 1 unspecified atom stereocenters. The smallest absolute Gasteiger partial charge is 0.358 e.